The fourth-order valence-corrected chi connectivity index (χ4v) is 2.03. The van der Waals surface area contributed by atoms with Crippen molar-refractivity contribution in [2.24, 2.45) is 5.92 Å². The molecule has 3 heteroatoms. The Kier molecular flexibility index (Phi) is 8.26. The van der Waals surface area contributed by atoms with Crippen LogP contribution in [0.2, 0.25) is 0 Å². The van der Waals surface area contributed by atoms with Gasteiger partial charge in [-0.3, -0.25) is 0 Å². The van der Waals surface area contributed by atoms with Gasteiger partial charge in [0.05, 0.1) is 6.10 Å². The van der Waals surface area contributed by atoms with E-state index >= 15 is 0 Å². The highest BCUT2D eigenvalue weighted by Crippen LogP contribution is 2.14. The molecule has 0 fully saturated rings. The highest BCUT2D eigenvalue weighted by molar-refractivity contribution is 5.20. The Balaban J connectivity index is 2.06. The lowest BCUT2D eigenvalue weighted by atomic mass is 9.99. The SMILES string of the molecule is CCC(CO)CCCCC(O)COc1ccccc1. The van der Waals surface area contributed by atoms with E-state index in [1.807, 2.05) is 30.3 Å². The van der Waals surface area contributed by atoms with Crippen LogP contribution < -0.4 is 4.74 Å². The number of unbranched alkanes of at least 4 members (excludes halogenated alkanes) is 1. The van der Waals surface area contributed by atoms with E-state index in [0.717, 1.165) is 37.9 Å². The molecule has 0 aliphatic heterocycles. The predicted molar refractivity (Wildman–Crippen MR) is 77.3 cm³/mol. The second-order valence-corrected chi connectivity index (χ2v) is 5.02. The molecule has 0 saturated heterocycles. The van der Waals surface area contributed by atoms with Crippen LogP contribution in [0.5, 0.6) is 5.75 Å². The smallest absolute Gasteiger partial charge is 0.119 e. The minimum atomic E-state index is -0.408. The minimum Gasteiger partial charge on any atom is -0.491 e. The maximum Gasteiger partial charge on any atom is 0.119 e. The summed E-state index contributed by atoms with van der Waals surface area (Å²) in [7, 11) is 0. The fraction of sp³-hybridized carbons (Fsp3) is 0.625. The van der Waals surface area contributed by atoms with Crippen molar-refractivity contribution in [3.05, 3.63) is 30.3 Å². The number of aliphatic hydroxyl groups excluding tert-OH is 2. The van der Waals surface area contributed by atoms with Crippen molar-refractivity contribution in [2.45, 2.75) is 45.1 Å². The number of rotatable bonds is 10. The second kappa shape index (κ2) is 9.82. The Bertz CT molecular complexity index is 309. The van der Waals surface area contributed by atoms with E-state index in [2.05, 4.69) is 6.92 Å². The van der Waals surface area contributed by atoms with Gasteiger partial charge in [0.2, 0.25) is 0 Å². The van der Waals surface area contributed by atoms with Crippen LogP contribution in [0, 0.1) is 5.92 Å². The number of ether oxygens (including phenoxy) is 1. The molecule has 0 radical (unpaired) electrons. The molecule has 3 nitrogen and oxygen atoms in total. The molecule has 2 atom stereocenters. The number of hydrogen-bond acceptors (Lipinski definition) is 3. The van der Waals surface area contributed by atoms with Gasteiger partial charge in [-0.05, 0) is 30.9 Å². The molecular formula is C16H26O3. The van der Waals surface area contributed by atoms with Crippen LogP contribution in [0.4, 0.5) is 0 Å². The highest BCUT2D eigenvalue weighted by atomic mass is 16.5. The predicted octanol–water partition coefficient (Wildman–Crippen LogP) is 3.01. The van der Waals surface area contributed by atoms with Crippen molar-refractivity contribution in [2.75, 3.05) is 13.2 Å². The number of aliphatic hydroxyl groups is 2. The van der Waals surface area contributed by atoms with Gasteiger partial charge >= 0.3 is 0 Å². The summed E-state index contributed by atoms with van der Waals surface area (Å²) < 4.78 is 5.50. The minimum absolute atomic E-state index is 0.274. The number of para-hydroxylation sites is 1. The van der Waals surface area contributed by atoms with Crippen molar-refractivity contribution in [3.8, 4) is 5.75 Å². The summed E-state index contributed by atoms with van der Waals surface area (Å²) in [5.74, 6) is 1.21. The van der Waals surface area contributed by atoms with E-state index < -0.39 is 6.10 Å². The molecule has 1 aromatic carbocycles. The van der Waals surface area contributed by atoms with Crippen LogP contribution in [-0.4, -0.2) is 29.5 Å². The molecule has 0 aliphatic carbocycles. The lowest BCUT2D eigenvalue weighted by Gasteiger charge is -2.14. The zero-order chi connectivity index (χ0) is 13.9. The average molecular weight is 266 g/mol. The van der Waals surface area contributed by atoms with Gasteiger partial charge in [-0.1, -0.05) is 44.4 Å². The first-order valence-electron chi connectivity index (χ1n) is 7.23. The van der Waals surface area contributed by atoms with Gasteiger partial charge in [-0.15, -0.1) is 0 Å². The van der Waals surface area contributed by atoms with Crippen molar-refractivity contribution in [1.29, 1.82) is 0 Å². The molecule has 0 aliphatic rings. The molecule has 0 heterocycles. The van der Waals surface area contributed by atoms with Crippen LogP contribution in [0.1, 0.15) is 39.0 Å². The molecule has 19 heavy (non-hydrogen) atoms. The zero-order valence-electron chi connectivity index (χ0n) is 11.8. The molecule has 0 bridgehead atoms. The summed E-state index contributed by atoms with van der Waals surface area (Å²) in [5.41, 5.74) is 0. The molecule has 0 amide bonds. The van der Waals surface area contributed by atoms with Crippen molar-refractivity contribution >= 4 is 0 Å². The van der Waals surface area contributed by atoms with Crippen LogP contribution in [-0.2, 0) is 0 Å². The second-order valence-electron chi connectivity index (χ2n) is 5.02. The third-order valence-corrected chi connectivity index (χ3v) is 3.42. The van der Waals surface area contributed by atoms with Gasteiger partial charge in [0.25, 0.3) is 0 Å². The molecule has 1 rings (SSSR count). The molecule has 2 unspecified atom stereocenters. The molecule has 0 saturated carbocycles. The van der Waals surface area contributed by atoms with E-state index in [1.54, 1.807) is 0 Å². The summed E-state index contributed by atoms with van der Waals surface area (Å²) in [6, 6.07) is 9.55. The molecule has 1 aromatic rings. The van der Waals surface area contributed by atoms with Crippen LogP contribution >= 0.6 is 0 Å². The fourth-order valence-electron chi connectivity index (χ4n) is 2.03. The summed E-state index contributed by atoms with van der Waals surface area (Å²) in [5, 5.41) is 18.9. The average Bonchev–Trinajstić information content (AvgIpc) is 2.46. The molecule has 0 aromatic heterocycles. The van der Waals surface area contributed by atoms with Crippen LogP contribution in [0.15, 0.2) is 30.3 Å². The Morgan fingerprint density at radius 2 is 1.79 bits per heavy atom. The van der Waals surface area contributed by atoms with Gasteiger partial charge < -0.3 is 14.9 Å². The van der Waals surface area contributed by atoms with Crippen molar-refractivity contribution < 1.29 is 14.9 Å². The molecule has 108 valence electrons. The van der Waals surface area contributed by atoms with Gasteiger partial charge in [0, 0.05) is 6.61 Å². The van der Waals surface area contributed by atoms with Gasteiger partial charge in [-0.2, -0.15) is 0 Å². The van der Waals surface area contributed by atoms with Gasteiger partial charge in [0.1, 0.15) is 12.4 Å². The van der Waals surface area contributed by atoms with E-state index in [9.17, 15) is 5.11 Å². The van der Waals surface area contributed by atoms with Crippen LogP contribution in [0.25, 0.3) is 0 Å². The third-order valence-electron chi connectivity index (χ3n) is 3.42. The monoisotopic (exact) mass is 266 g/mol. The molecule has 2 N–H and O–H groups in total. The first-order valence-corrected chi connectivity index (χ1v) is 7.23. The largest absolute Gasteiger partial charge is 0.491 e. The Hall–Kier alpha value is -1.06. The van der Waals surface area contributed by atoms with E-state index in [0.29, 0.717) is 12.5 Å². The zero-order valence-corrected chi connectivity index (χ0v) is 11.8. The Morgan fingerprint density at radius 3 is 2.42 bits per heavy atom. The number of benzene rings is 1. The standard InChI is InChI=1S/C16H26O3/c1-2-14(12-17)8-6-7-9-15(18)13-19-16-10-4-3-5-11-16/h3-5,10-11,14-15,17-18H,2,6-9,12-13H2,1H3. The molecule has 0 spiro atoms. The topological polar surface area (TPSA) is 49.7 Å². The summed E-state index contributed by atoms with van der Waals surface area (Å²) in [6.07, 6.45) is 4.45. The lowest BCUT2D eigenvalue weighted by Crippen LogP contribution is -2.17. The summed E-state index contributed by atoms with van der Waals surface area (Å²) >= 11 is 0. The highest BCUT2D eigenvalue weighted by Gasteiger charge is 2.07. The van der Waals surface area contributed by atoms with Crippen molar-refractivity contribution in [3.63, 3.8) is 0 Å². The Labute approximate surface area is 116 Å². The molecular weight excluding hydrogens is 240 g/mol. The first kappa shape index (κ1) is 16.0. The van der Waals surface area contributed by atoms with E-state index in [1.165, 1.54) is 0 Å². The summed E-state index contributed by atoms with van der Waals surface area (Å²) in [4.78, 5) is 0. The normalized spacial score (nSPS) is 14.1. The third kappa shape index (κ3) is 7.19. The maximum atomic E-state index is 9.82. The number of hydrogen-bond donors (Lipinski definition) is 2. The van der Waals surface area contributed by atoms with Gasteiger partial charge in [-0.25, -0.2) is 0 Å². The Morgan fingerprint density at radius 1 is 1.11 bits per heavy atom. The maximum absolute atomic E-state index is 9.82. The summed E-state index contributed by atoms with van der Waals surface area (Å²) in [6.45, 7) is 2.72. The van der Waals surface area contributed by atoms with Crippen LogP contribution in [0.3, 0.4) is 0 Å². The van der Waals surface area contributed by atoms with Crippen molar-refractivity contribution in [1.82, 2.24) is 0 Å². The lowest BCUT2D eigenvalue weighted by molar-refractivity contribution is 0.0967. The van der Waals surface area contributed by atoms with Gasteiger partial charge in [0.15, 0.2) is 0 Å². The van der Waals surface area contributed by atoms with E-state index in [-0.39, 0.29) is 6.61 Å². The first-order chi connectivity index (χ1) is 9.26. The quantitative estimate of drug-likeness (QED) is 0.640. The van der Waals surface area contributed by atoms with E-state index in [4.69, 9.17) is 9.84 Å².